The molecule has 2 heterocycles. The maximum Gasteiger partial charge on any atom is 0.416 e. The lowest BCUT2D eigenvalue weighted by atomic mass is 9.91. The highest BCUT2D eigenvalue weighted by molar-refractivity contribution is 5.75. The van der Waals surface area contributed by atoms with Crippen molar-refractivity contribution in [2.75, 3.05) is 19.6 Å². The van der Waals surface area contributed by atoms with E-state index in [-0.39, 0.29) is 6.09 Å². The topological polar surface area (TPSA) is 49.9 Å². The first-order valence-electron chi connectivity index (χ1n) is 10.2. The van der Waals surface area contributed by atoms with Crippen molar-refractivity contribution >= 4 is 12.4 Å². The van der Waals surface area contributed by atoms with Gasteiger partial charge < -0.3 is 4.74 Å². The third kappa shape index (κ3) is 4.90. The average molecular weight is 432 g/mol. The Bertz CT molecular complexity index is 951. The standard InChI is InChI=1S/C23H23F3N2O3/c24-23(25,26)20-6-4-17(5-7-20)13-27-10-8-22(9-11-27)16-28(21(30)31-22)14-18-2-1-3-19(12-18)15-29/h1-7,12,15H,8-11,13-14,16H2. The zero-order valence-corrected chi connectivity index (χ0v) is 16.9. The molecule has 0 aliphatic carbocycles. The molecule has 2 saturated heterocycles. The number of nitrogens with zero attached hydrogens (tertiary/aromatic N) is 2. The van der Waals surface area contributed by atoms with Crippen molar-refractivity contribution in [1.82, 2.24) is 9.80 Å². The van der Waals surface area contributed by atoms with E-state index in [1.54, 1.807) is 23.1 Å². The van der Waals surface area contributed by atoms with Crippen LogP contribution in [0.15, 0.2) is 48.5 Å². The molecule has 0 unspecified atom stereocenters. The third-order valence-electron chi connectivity index (χ3n) is 5.96. The second kappa shape index (κ2) is 8.34. The molecular weight excluding hydrogens is 409 g/mol. The van der Waals surface area contributed by atoms with Gasteiger partial charge in [0.05, 0.1) is 12.1 Å². The summed E-state index contributed by atoms with van der Waals surface area (Å²) in [6.07, 6.45) is -2.57. The van der Waals surface area contributed by atoms with Gasteiger partial charge in [-0.15, -0.1) is 0 Å². The minimum Gasteiger partial charge on any atom is -0.441 e. The lowest BCUT2D eigenvalue weighted by molar-refractivity contribution is -0.137. The van der Waals surface area contributed by atoms with E-state index < -0.39 is 17.3 Å². The van der Waals surface area contributed by atoms with Gasteiger partial charge in [-0.2, -0.15) is 13.2 Å². The van der Waals surface area contributed by atoms with Gasteiger partial charge in [-0.1, -0.05) is 30.3 Å². The maximum atomic E-state index is 12.7. The van der Waals surface area contributed by atoms with Crippen molar-refractivity contribution in [1.29, 1.82) is 0 Å². The molecule has 2 aliphatic heterocycles. The molecule has 0 aromatic heterocycles. The molecule has 0 atom stereocenters. The van der Waals surface area contributed by atoms with Crippen LogP contribution in [0.4, 0.5) is 18.0 Å². The number of amides is 1. The highest BCUT2D eigenvalue weighted by Gasteiger charge is 2.46. The predicted molar refractivity (Wildman–Crippen MR) is 107 cm³/mol. The number of carbonyl (C=O) groups is 2. The van der Waals surface area contributed by atoms with Crippen LogP contribution < -0.4 is 0 Å². The Morgan fingerprint density at radius 3 is 2.35 bits per heavy atom. The fraction of sp³-hybridized carbons (Fsp3) is 0.391. The van der Waals surface area contributed by atoms with Crippen molar-refractivity contribution < 1.29 is 27.5 Å². The van der Waals surface area contributed by atoms with E-state index in [4.69, 9.17) is 4.74 Å². The van der Waals surface area contributed by atoms with E-state index in [0.29, 0.717) is 51.1 Å². The van der Waals surface area contributed by atoms with Gasteiger partial charge in [0.15, 0.2) is 0 Å². The summed E-state index contributed by atoms with van der Waals surface area (Å²) in [4.78, 5) is 27.2. The summed E-state index contributed by atoms with van der Waals surface area (Å²) >= 11 is 0. The summed E-state index contributed by atoms with van der Waals surface area (Å²) < 4.78 is 43.9. The number of likely N-dealkylation sites (tertiary alicyclic amines) is 1. The maximum absolute atomic E-state index is 12.7. The van der Waals surface area contributed by atoms with E-state index in [2.05, 4.69) is 4.90 Å². The summed E-state index contributed by atoms with van der Waals surface area (Å²) in [6, 6.07) is 12.4. The molecule has 31 heavy (non-hydrogen) atoms. The largest absolute Gasteiger partial charge is 0.441 e. The van der Waals surface area contributed by atoms with Crippen LogP contribution in [0.2, 0.25) is 0 Å². The number of rotatable bonds is 5. The van der Waals surface area contributed by atoms with Crippen LogP contribution in [-0.2, 0) is 24.0 Å². The van der Waals surface area contributed by atoms with Gasteiger partial charge in [-0.3, -0.25) is 14.6 Å². The molecule has 164 valence electrons. The minimum atomic E-state index is -4.33. The number of benzene rings is 2. The molecule has 4 rings (SSSR count). The molecule has 0 saturated carbocycles. The SMILES string of the molecule is O=Cc1cccc(CN2CC3(CCN(Cc4ccc(C(F)(F)F)cc4)CC3)OC2=O)c1. The van der Waals surface area contributed by atoms with Crippen LogP contribution in [-0.4, -0.2) is 47.4 Å². The Labute approximate surface area is 178 Å². The lowest BCUT2D eigenvalue weighted by Gasteiger charge is -2.37. The zero-order valence-electron chi connectivity index (χ0n) is 16.9. The minimum absolute atomic E-state index is 0.354. The van der Waals surface area contributed by atoms with Gasteiger partial charge in [-0.05, 0) is 29.3 Å². The summed E-state index contributed by atoms with van der Waals surface area (Å²) in [5.41, 5.74) is 1.08. The van der Waals surface area contributed by atoms with Crippen molar-refractivity contribution in [3.8, 4) is 0 Å². The normalized spacial score (nSPS) is 18.9. The molecule has 2 aromatic rings. The number of halogens is 3. The third-order valence-corrected chi connectivity index (χ3v) is 5.96. The van der Waals surface area contributed by atoms with Crippen molar-refractivity contribution in [3.05, 3.63) is 70.8 Å². The highest BCUT2D eigenvalue weighted by Crippen LogP contribution is 2.35. The van der Waals surface area contributed by atoms with E-state index in [1.165, 1.54) is 12.1 Å². The second-order valence-electron chi connectivity index (χ2n) is 8.24. The van der Waals surface area contributed by atoms with Gasteiger partial charge in [0.2, 0.25) is 0 Å². The van der Waals surface area contributed by atoms with Crippen LogP contribution in [0.1, 0.15) is 39.9 Å². The average Bonchev–Trinajstić information content (AvgIpc) is 3.04. The first-order chi connectivity index (χ1) is 14.8. The second-order valence-corrected chi connectivity index (χ2v) is 8.24. The number of alkyl halides is 3. The summed E-state index contributed by atoms with van der Waals surface area (Å²) in [6.45, 7) is 2.83. The Kier molecular flexibility index (Phi) is 5.75. The molecule has 0 radical (unpaired) electrons. The van der Waals surface area contributed by atoms with Gasteiger partial charge in [0.25, 0.3) is 0 Å². The molecule has 8 heteroatoms. The first-order valence-corrected chi connectivity index (χ1v) is 10.2. The van der Waals surface area contributed by atoms with E-state index >= 15 is 0 Å². The molecule has 0 N–H and O–H groups in total. The van der Waals surface area contributed by atoms with E-state index in [0.717, 1.165) is 29.5 Å². The monoisotopic (exact) mass is 432 g/mol. The number of ether oxygens (including phenoxy) is 1. The Morgan fingerprint density at radius 2 is 1.71 bits per heavy atom. The quantitative estimate of drug-likeness (QED) is 0.653. The van der Waals surface area contributed by atoms with Crippen molar-refractivity contribution in [2.45, 2.75) is 37.7 Å². The van der Waals surface area contributed by atoms with Gasteiger partial charge >= 0.3 is 12.3 Å². The van der Waals surface area contributed by atoms with Gasteiger partial charge in [0, 0.05) is 44.6 Å². The number of aldehydes is 1. The molecule has 2 aromatic carbocycles. The van der Waals surface area contributed by atoms with Crippen LogP contribution in [0.25, 0.3) is 0 Å². The molecule has 1 spiro atoms. The summed E-state index contributed by atoms with van der Waals surface area (Å²) in [5, 5.41) is 0. The number of hydrogen-bond acceptors (Lipinski definition) is 4. The van der Waals surface area contributed by atoms with Crippen LogP contribution >= 0.6 is 0 Å². The summed E-state index contributed by atoms with van der Waals surface area (Å²) in [7, 11) is 0. The highest BCUT2D eigenvalue weighted by atomic mass is 19.4. The Morgan fingerprint density at radius 1 is 1.00 bits per heavy atom. The Balaban J connectivity index is 1.32. The van der Waals surface area contributed by atoms with Crippen molar-refractivity contribution in [2.24, 2.45) is 0 Å². The predicted octanol–water partition coefficient (Wildman–Crippen LogP) is 4.50. The molecule has 2 fully saturated rings. The molecule has 5 nitrogen and oxygen atoms in total. The smallest absolute Gasteiger partial charge is 0.416 e. The number of carbonyl (C=O) groups excluding carboxylic acids is 2. The van der Waals surface area contributed by atoms with Crippen molar-refractivity contribution in [3.63, 3.8) is 0 Å². The van der Waals surface area contributed by atoms with E-state index in [9.17, 15) is 22.8 Å². The molecular formula is C23H23F3N2O3. The zero-order chi connectivity index (χ0) is 22.1. The first kappa shape index (κ1) is 21.4. The summed E-state index contributed by atoms with van der Waals surface area (Å²) in [5.74, 6) is 0. The van der Waals surface area contributed by atoms with Gasteiger partial charge in [0.1, 0.15) is 11.9 Å². The lowest BCUT2D eigenvalue weighted by Crippen LogP contribution is -2.46. The fourth-order valence-corrected chi connectivity index (χ4v) is 4.24. The van der Waals surface area contributed by atoms with Gasteiger partial charge in [-0.25, -0.2) is 4.79 Å². The molecule has 0 bridgehead atoms. The number of hydrogen-bond donors (Lipinski definition) is 0. The van der Waals surface area contributed by atoms with Crippen LogP contribution in [0.5, 0.6) is 0 Å². The van der Waals surface area contributed by atoms with E-state index in [1.807, 2.05) is 6.07 Å². The van der Waals surface area contributed by atoms with Crippen LogP contribution in [0.3, 0.4) is 0 Å². The number of piperidine rings is 1. The Hall–Kier alpha value is -2.87. The fourth-order valence-electron chi connectivity index (χ4n) is 4.24. The molecule has 2 aliphatic rings. The van der Waals surface area contributed by atoms with Crippen LogP contribution in [0, 0.1) is 0 Å². The molecule has 1 amide bonds.